The van der Waals surface area contributed by atoms with E-state index in [9.17, 15) is 2.74 Å². The zero-order valence-electron chi connectivity index (χ0n) is 53.7. The largest absolute Gasteiger partial charge is 0.457 e. The van der Waals surface area contributed by atoms with Gasteiger partial charge in [0.25, 0.3) is 0 Å². The standard InChI is InChI=1S/C75H78N4O/c1-48(2)37-52-42-70(76-46-63(52)51-30-33-64-65(41-51)75(12,13)36-35-74(64,10)11)79-66-34-29-49(3)38-62(66)61-32-31-58(45-69(61)79)80-57-24-19-23-56(44-57)77-47-78(68-28-18-17-27-67(68)77)71-59(50-21-15-14-16-22-50)25-20-26-60(71)53-39-54(72(4,5)6)43-55(40-53)73(7,8)9/h14-34,38-46,48H,35-37,47H2,1-13H3/i3D3,37D2. The van der Waals surface area contributed by atoms with Crippen molar-refractivity contribution in [1.29, 1.82) is 0 Å². The topological polar surface area (TPSA) is 33.5 Å². The van der Waals surface area contributed by atoms with Crippen LogP contribution in [0.5, 0.6) is 11.5 Å². The van der Waals surface area contributed by atoms with E-state index in [4.69, 9.17) is 13.8 Å². The summed E-state index contributed by atoms with van der Waals surface area (Å²) in [4.78, 5) is 10.0. The minimum atomic E-state index is -2.33. The lowest BCUT2D eigenvalue weighted by molar-refractivity contribution is 0.332. The summed E-state index contributed by atoms with van der Waals surface area (Å²) in [5.41, 5.74) is 18.0. The highest BCUT2D eigenvalue weighted by Crippen LogP contribution is 2.52. The number of para-hydroxylation sites is 3. The molecule has 12 rings (SSSR count). The third-order valence-corrected chi connectivity index (χ3v) is 16.9. The van der Waals surface area contributed by atoms with E-state index in [-0.39, 0.29) is 33.1 Å². The summed E-state index contributed by atoms with van der Waals surface area (Å²) < 4.78 is 53.5. The monoisotopic (exact) mass is 1060 g/mol. The first-order chi connectivity index (χ1) is 40.1. The second-order valence-electron chi connectivity index (χ2n) is 26.1. The molecule has 3 heterocycles. The fraction of sp³-hybridized carbons (Fsp3) is 0.293. The van der Waals surface area contributed by atoms with Crippen molar-refractivity contribution < 1.29 is 11.6 Å². The van der Waals surface area contributed by atoms with Crippen LogP contribution in [0.2, 0.25) is 0 Å². The molecule has 2 aromatic heterocycles. The van der Waals surface area contributed by atoms with Crippen LogP contribution in [0.3, 0.4) is 0 Å². The van der Waals surface area contributed by atoms with Gasteiger partial charge < -0.3 is 14.5 Å². The molecule has 5 nitrogen and oxygen atoms in total. The number of ether oxygens (including phenoxy) is 1. The Morgan fingerprint density at radius 3 is 1.93 bits per heavy atom. The minimum Gasteiger partial charge on any atom is -0.457 e. The Morgan fingerprint density at radius 1 is 0.562 bits per heavy atom. The molecule has 0 N–H and O–H groups in total. The molecule has 5 heteroatoms. The van der Waals surface area contributed by atoms with E-state index in [1.54, 1.807) is 12.1 Å². The highest BCUT2D eigenvalue weighted by molar-refractivity contribution is 6.10. The van der Waals surface area contributed by atoms with Gasteiger partial charge in [-0.2, -0.15) is 0 Å². The van der Waals surface area contributed by atoms with Crippen LogP contribution in [0.25, 0.3) is 61.0 Å². The summed E-state index contributed by atoms with van der Waals surface area (Å²) in [5, 5.41) is 1.58. The Morgan fingerprint density at radius 2 is 1.23 bits per heavy atom. The number of benzene rings is 8. The van der Waals surface area contributed by atoms with Crippen LogP contribution in [0.1, 0.15) is 136 Å². The normalized spacial score (nSPS) is 16.2. The van der Waals surface area contributed by atoms with Crippen molar-refractivity contribution in [2.24, 2.45) is 5.92 Å². The number of rotatable bonds is 10. The Labute approximate surface area is 483 Å². The molecule has 0 fully saturated rings. The van der Waals surface area contributed by atoms with Gasteiger partial charge in [0.05, 0.1) is 28.1 Å². The van der Waals surface area contributed by atoms with E-state index >= 15 is 0 Å². The molecule has 1 aliphatic heterocycles. The minimum absolute atomic E-state index is 0.0309. The first-order valence-corrected chi connectivity index (χ1v) is 28.6. The van der Waals surface area contributed by atoms with E-state index in [0.29, 0.717) is 29.5 Å². The summed E-state index contributed by atoms with van der Waals surface area (Å²) in [6.45, 7) is 25.1. The molecule has 2 aliphatic rings. The molecule has 0 atom stereocenters. The van der Waals surface area contributed by atoms with Gasteiger partial charge in [0, 0.05) is 58.3 Å². The number of aromatic nitrogens is 2. The molecule has 0 saturated carbocycles. The van der Waals surface area contributed by atoms with Crippen molar-refractivity contribution in [2.75, 3.05) is 16.5 Å². The summed E-state index contributed by atoms with van der Waals surface area (Å²) in [7, 11) is 0. The van der Waals surface area contributed by atoms with Gasteiger partial charge >= 0.3 is 0 Å². The number of pyridine rings is 1. The number of anilines is 4. The van der Waals surface area contributed by atoms with Gasteiger partial charge in [0.15, 0.2) is 0 Å². The van der Waals surface area contributed by atoms with Crippen LogP contribution in [0, 0.1) is 12.8 Å². The van der Waals surface area contributed by atoms with Gasteiger partial charge in [-0.05, 0) is 153 Å². The third-order valence-electron chi connectivity index (χ3n) is 16.9. The maximum absolute atomic E-state index is 9.70. The highest BCUT2D eigenvalue weighted by atomic mass is 16.5. The van der Waals surface area contributed by atoms with Crippen LogP contribution < -0.4 is 14.5 Å². The molecular formula is C75H78N4O. The zero-order chi connectivity index (χ0) is 60.3. The van der Waals surface area contributed by atoms with Crippen LogP contribution >= 0.6 is 0 Å². The molecule has 0 unspecified atom stereocenters. The van der Waals surface area contributed by atoms with Crippen LogP contribution in [0.4, 0.5) is 22.7 Å². The number of fused-ring (bicyclic) bond motifs is 5. The van der Waals surface area contributed by atoms with Gasteiger partial charge in [0.2, 0.25) is 0 Å². The lowest BCUT2D eigenvalue weighted by atomic mass is 9.63. The van der Waals surface area contributed by atoms with Gasteiger partial charge in [-0.15, -0.1) is 0 Å². The number of nitrogens with zero attached hydrogens (tertiary/aromatic N) is 4. The number of hydrogen-bond donors (Lipinski definition) is 0. The van der Waals surface area contributed by atoms with Crippen LogP contribution in [0.15, 0.2) is 182 Å². The number of hydrogen-bond acceptors (Lipinski definition) is 4. The Balaban J connectivity index is 0.954. The maximum atomic E-state index is 9.70. The van der Waals surface area contributed by atoms with Crippen molar-refractivity contribution in [3.63, 3.8) is 0 Å². The van der Waals surface area contributed by atoms with Crippen LogP contribution in [-0.2, 0) is 28.0 Å². The molecule has 404 valence electrons. The quantitative estimate of drug-likeness (QED) is 0.137. The Bertz CT molecular complexity index is 4200. The Kier molecular flexibility index (Phi) is 11.6. The van der Waals surface area contributed by atoms with Gasteiger partial charge in [0.1, 0.15) is 24.0 Å². The smallest absolute Gasteiger partial charge is 0.137 e. The molecule has 0 bridgehead atoms. The number of aryl methyl sites for hydroxylation is 1. The molecular weight excluding hydrogens is 973 g/mol. The van der Waals surface area contributed by atoms with Crippen molar-refractivity contribution in [2.45, 2.75) is 131 Å². The third kappa shape index (κ3) is 9.67. The molecule has 0 amide bonds. The average molecular weight is 1060 g/mol. The molecule has 8 aromatic carbocycles. The first-order valence-electron chi connectivity index (χ1n) is 31.1. The lowest BCUT2D eigenvalue weighted by Crippen LogP contribution is -2.33. The maximum Gasteiger partial charge on any atom is 0.137 e. The Hall–Kier alpha value is -7.89. The molecule has 10 aromatic rings. The van der Waals surface area contributed by atoms with Crippen molar-refractivity contribution >= 4 is 44.6 Å². The summed E-state index contributed by atoms with van der Waals surface area (Å²) in [5.74, 6) is 1.39. The van der Waals surface area contributed by atoms with Crippen molar-refractivity contribution in [3.05, 3.63) is 216 Å². The average Bonchev–Trinajstić information content (AvgIpc) is 1.79. The van der Waals surface area contributed by atoms with E-state index in [1.807, 2.05) is 67.1 Å². The molecule has 80 heavy (non-hydrogen) atoms. The van der Waals surface area contributed by atoms with E-state index in [0.717, 1.165) is 85.2 Å². The second kappa shape index (κ2) is 19.7. The van der Waals surface area contributed by atoms with E-state index < -0.39 is 13.2 Å². The fourth-order valence-electron chi connectivity index (χ4n) is 12.3. The van der Waals surface area contributed by atoms with Gasteiger partial charge in [-0.3, -0.25) is 4.57 Å². The molecule has 1 aliphatic carbocycles. The van der Waals surface area contributed by atoms with Gasteiger partial charge in [-0.25, -0.2) is 4.98 Å². The fourth-order valence-corrected chi connectivity index (χ4v) is 12.3. The van der Waals surface area contributed by atoms with Gasteiger partial charge in [-0.1, -0.05) is 198 Å². The van der Waals surface area contributed by atoms with E-state index in [2.05, 4.69) is 200 Å². The first kappa shape index (κ1) is 47.0. The van der Waals surface area contributed by atoms with Crippen molar-refractivity contribution in [3.8, 4) is 50.7 Å². The van der Waals surface area contributed by atoms with Crippen LogP contribution in [-0.4, -0.2) is 16.2 Å². The van der Waals surface area contributed by atoms with Crippen molar-refractivity contribution in [1.82, 2.24) is 9.55 Å². The summed E-state index contributed by atoms with van der Waals surface area (Å²) in [6, 6.07) is 61.3. The van der Waals surface area contributed by atoms with E-state index in [1.165, 1.54) is 27.8 Å². The molecule has 0 radical (unpaired) electrons. The predicted octanol–water partition coefficient (Wildman–Crippen LogP) is 20.7. The zero-order valence-corrected chi connectivity index (χ0v) is 48.7. The molecule has 0 spiro atoms. The SMILES string of the molecule is [2H]C([2H])([2H])c1ccc2c(c1)c1ccc(Oc3cccc(N4CN(c5c(-c6ccccc6)cccc5-c5cc(C(C)(C)C)cc(C(C)(C)C)c5)c5ccccc54)c3)cc1n2-c1cc(C([2H])([2H])C(C)C)c(-c2ccc3c(c2)C(C)(C)CCC3(C)C)cn1. The predicted molar refractivity (Wildman–Crippen MR) is 339 cm³/mol. The summed E-state index contributed by atoms with van der Waals surface area (Å²) in [6.07, 6.45) is 2.26. The summed E-state index contributed by atoms with van der Waals surface area (Å²) >= 11 is 0. The second-order valence-corrected chi connectivity index (χ2v) is 26.1. The molecule has 0 saturated heterocycles. The lowest BCUT2D eigenvalue weighted by Gasteiger charge is -2.42. The highest BCUT2D eigenvalue weighted by Gasteiger charge is 2.38.